The number of thiophene rings is 1. The van der Waals surface area contributed by atoms with Crippen LogP contribution in [0.4, 0.5) is 0 Å². The summed E-state index contributed by atoms with van der Waals surface area (Å²) in [5.74, 6) is -0.956. The quantitative estimate of drug-likeness (QED) is 0.802. The number of amides is 1. The molecule has 1 amide bonds. The van der Waals surface area contributed by atoms with E-state index in [1.807, 2.05) is 17.5 Å². The number of carbonyl (C=O) groups is 2. The molecular formula is C13H15NO3S. The van der Waals surface area contributed by atoms with Crippen molar-refractivity contribution in [3.8, 4) is 0 Å². The molecule has 1 fully saturated rings. The molecule has 0 spiro atoms. The lowest BCUT2D eigenvalue weighted by Crippen LogP contribution is -2.33. The maximum Gasteiger partial charge on any atom is 0.305 e. The van der Waals surface area contributed by atoms with Crippen LogP contribution in [0.25, 0.3) is 6.08 Å². The van der Waals surface area contributed by atoms with E-state index in [1.54, 1.807) is 22.3 Å². The summed E-state index contributed by atoms with van der Waals surface area (Å²) >= 11 is 1.57. The average Bonchev–Trinajstić information content (AvgIpc) is 3.03. The molecule has 96 valence electrons. The van der Waals surface area contributed by atoms with Crippen molar-refractivity contribution >= 4 is 29.3 Å². The zero-order valence-electron chi connectivity index (χ0n) is 9.91. The summed E-state index contributed by atoms with van der Waals surface area (Å²) in [5, 5.41) is 10.6. The first-order valence-corrected chi connectivity index (χ1v) is 6.79. The molecule has 0 atom stereocenters. The van der Waals surface area contributed by atoms with Gasteiger partial charge in [-0.25, -0.2) is 0 Å². The minimum absolute atomic E-state index is 0.00901. The third-order valence-corrected chi connectivity index (χ3v) is 3.61. The van der Waals surface area contributed by atoms with Crippen molar-refractivity contribution in [2.24, 2.45) is 0 Å². The smallest absolute Gasteiger partial charge is 0.305 e. The van der Waals surface area contributed by atoms with Gasteiger partial charge >= 0.3 is 5.97 Å². The van der Waals surface area contributed by atoms with Crippen LogP contribution in [0.1, 0.15) is 24.1 Å². The van der Waals surface area contributed by atoms with Crippen LogP contribution < -0.4 is 0 Å². The van der Waals surface area contributed by atoms with Crippen molar-refractivity contribution in [3.63, 3.8) is 0 Å². The van der Waals surface area contributed by atoms with Gasteiger partial charge in [-0.15, -0.1) is 11.3 Å². The summed E-state index contributed by atoms with van der Waals surface area (Å²) in [6.45, 7) is 0.299. The molecule has 1 heterocycles. The van der Waals surface area contributed by atoms with Crippen molar-refractivity contribution in [2.45, 2.75) is 25.3 Å². The van der Waals surface area contributed by atoms with Crippen molar-refractivity contribution in [2.75, 3.05) is 6.54 Å². The van der Waals surface area contributed by atoms with Crippen LogP contribution in [0.2, 0.25) is 0 Å². The number of aliphatic carboxylic acids is 1. The van der Waals surface area contributed by atoms with E-state index in [1.165, 1.54) is 6.08 Å². The highest BCUT2D eigenvalue weighted by Gasteiger charge is 2.31. The monoisotopic (exact) mass is 265 g/mol. The predicted molar refractivity (Wildman–Crippen MR) is 70.3 cm³/mol. The van der Waals surface area contributed by atoms with Crippen LogP contribution in [0.5, 0.6) is 0 Å². The number of carboxylic acids is 1. The topological polar surface area (TPSA) is 57.6 Å². The summed E-state index contributed by atoms with van der Waals surface area (Å²) in [6.07, 6.45) is 5.29. The van der Waals surface area contributed by atoms with Gasteiger partial charge in [0.15, 0.2) is 0 Å². The normalized spacial score (nSPS) is 14.9. The Bertz CT molecular complexity index is 449. The fourth-order valence-corrected chi connectivity index (χ4v) is 2.33. The number of hydrogen-bond acceptors (Lipinski definition) is 3. The second-order valence-electron chi connectivity index (χ2n) is 4.26. The Balaban J connectivity index is 1.93. The molecule has 0 bridgehead atoms. The van der Waals surface area contributed by atoms with Gasteiger partial charge in [-0.2, -0.15) is 0 Å². The largest absolute Gasteiger partial charge is 0.481 e. The molecule has 1 N–H and O–H groups in total. The Kier molecular flexibility index (Phi) is 4.15. The third-order valence-electron chi connectivity index (χ3n) is 2.77. The van der Waals surface area contributed by atoms with Crippen molar-refractivity contribution in [1.29, 1.82) is 0 Å². The number of carbonyl (C=O) groups excluding carboxylic acids is 1. The molecule has 1 saturated carbocycles. The summed E-state index contributed by atoms with van der Waals surface area (Å²) in [5.41, 5.74) is 0. The van der Waals surface area contributed by atoms with Gasteiger partial charge in [-0.05, 0) is 30.4 Å². The second kappa shape index (κ2) is 5.82. The summed E-state index contributed by atoms with van der Waals surface area (Å²) in [7, 11) is 0. The van der Waals surface area contributed by atoms with E-state index in [0.29, 0.717) is 6.54 Å². The maximum atomic E-state index is 12.0. The molecule has 18 heavy (non-hydrogen) atoms. The van der Waals surface area contributed by atoms with Crippen LogP contribution >= 0.6 is 11.3 Å². The van der Waals surface area contributed by atoms with Crippen LogP contribution in [-0.2, 0) is 9.59 Å². The highest BCUT2D eigenvalue weighted by Crippen LogP contribution is 2.27. The van der Waals surface area contributed by atoms with E-state index in [9.17, 15) is 9.59 Å². The van der Waals surface area contributed by atoms with E-state index in [2.05, 4.69) is 0 Å². The van der Waals surface area contributed by atoms with Crippen molar-refractivity contribution in [3.05, 3.63) is 28.5 Å². The molecular weight excluding hydrogens is 250 g/mol. The number of rotatable bonds is 6. The molecule has 1 aliphatic rings. The highest BCUT2D eigenvalue weighted by atomic mass is 32.1. The number of carboxylic acid groups (broad SMARTS) is 1. The standard InChI is InChI=1S/C13H15NO3S/c15-12(6-5-11-2-1-9-18-11)14(10-3-4-10)8-7-13(16)17/h1-2,5-6,9-10H,3-4,7-8H2,(H,16,17)/b6-5+. The lowest BCUT2D eigenvalue weighted by molar-refractivity contribution is -0.138. The third kappa shape index (κ3) is 3.70. The predicted octanol–water partition coefficient (Wildman–Crippen LogP) is 2.23. The van der Waals surface area contributed by atoms with E-state index < -0.39 is 5.97 Å². The summed E-state index contributed by atoms with van der Waals surface area (Å²) in [4.78, 5) is 25.2. The molecule has 0 radical (unpaired) electrons. The maximum absolute atomic E-state index is 12.0. The number of hydrogen-bond donors (Lipinski definition) is 1. The average molecular weight is 265 g/mol. The van der Waals surface area contributed by atoms with Gasteiger partial charge in [0.2, 0.25) is 5.91 Å². The van der Waals surface area contributed by atoms with Crippen molar-refractivity contribution < 1.29 is 14.7 Å². The lowest BCUT2D eigenvalue weighted by Gasteiger charge is -2.19. The van der Waals surface area contributed by atoms with E-state index in [-0.39, 0.29) is 18.4 Å². The Morgan fingerprint density at radius 1 is 1.50 bits per heavy atom. The first-order chi connectivity index (χ1) is 8.66. The Labute approximate surface area is 110 Å². The Morgan fingerprint density at radius 2 is 2.28 bits per heavy atom. The molecule has 1 aromatic heterocycles. The fourth-order valence-electron chi connectivity index (χ4n) is 1.71. The molecule has 1 aliphatic carbocycles. The Hall–Kier alpha value is -1.62. The van der Waals surface area contributed by atoms with Crippen molar-refractivity contribution in [1.82, 2.24) is 4.90 Å². The van der Waals surface area contributed by atoms with Gasteiger partial charge in [-0.1, -0.05) is 6.07 Å². The van der Waals surface area contributed by atoms with Gasteiger partial charge in [0.1, 0.15) is 0 Å². The van der Waals surface area contributed by atoms with Gasteiger partial charge in [-0.3, -0.25) is 9.59 Å². The van der Waals surface area contributed by atoms with Gasteiger partial charge in [0.05, 0.1) is 6.42 Å². The molecule has 0 aromatic carbocycles. The van der Waals surface area contributed by atoms with Gasteiger partial charge < -0.3 is 10.0 Å². The highest BCUT2D eigenvalue weighted by molar-refractivity contribution is 7.10. The van der Waals surface area contributed by atoms with Crippen LogP contribution in [0, 0.1) is 0 Å². The summed E-state index contributed by atoms with van der Waals surface area (Å²) in [6, 6.07) is 4.11. The van der Waals surface area contributed by atoms with Gasteiger partial charge in [0.25, 0.3) is 0 Å². The van der Waals surface area contributed by atoms with E-state index in [0.717, 1.165) is 17.7 Å². The van der Waals surface area contributed by atoms with Gasteiger partial charge in [0, 0.05) is 23.5 Å². The zero-order chi connectivity index (χ0) is 13.0. The lowest BCUT2D eigenvalue weighted by atomic mass is 10.3. The molecule has 0 saturated heterocycles. The zero-order valence-corrected chi connectivity index (χ0v) is 10.7. The fraction of sp³-hybridized carbons (Fsp3) is 0.385. The van der Waals surface area contributed by atoms with E-state index in [4.69, 9.17) is 5.11 Å². The molecule has 5 heteroatoms. The SMILES string of the molecule is O=C(O)CCN(C(=O)/C=C/c1cccs1)C1CC1. The summed E-state index contributed by atoms with van der Waals surface area (Å²) < 4.78 is 0. The first kappa shape index (κ1) is 12.8. The first-order valence-electron chi connectivity index (χ1n) is 5.91. The van der Waals surface area contributed by atoms with E-state index >= 15 is 0 Å². The second-order valence-corrected chi connectivity index (χ2v) is 5.23. The number of nitrogens with zero attached hydrogens (tertiary/aromatic N) is 1. The molecule has 1 aromatic rings. The minimum atomic E-state index is -0.865. The minimum Gasteiger partial charge on any atom is -0.481 e. The van der Waals surface area contributed by atoms with Crippen LogP contribution in [0.3, 0.4) is 0 Å². The molecule has 4 nitrogen and oxygen atoms in total. The molecule has 0 unspecified atom stereocenters. The van der Waals surface area contributed by atoms with Crippen LogP contribution in [-0.4, -0.2) is 34.5 Å². The Morgan fingerprint density at radius 3 is 2.83 bits per heavy atom. The molecule has 2 rings (SSSR count). The molecule has 0 aliphatic heterocycles. The van der Waals surface area contributed by atoms with Crippen LogP contribution in [0.15, 0.2) is 23.6 Å².